The van der Waals surface area contributed by atoms with Gasteiger partial charge in [-0.3, -0.25) is 0 Å². The number of amides is 2. The molecular formula is C14H12BrFN2O. The van der Waals surface area contributed by atoms with Gasteiger partial charge < -0.3 is 10.6 Å². The van der Waals surface area contributed by atoms with Crippen LogP contribution < -0.4 is 10.6 Å². The number of halogens is 2. The molecule has 0 aliphatic rings. The van der Waals surface area contributed by atoms with Crippen LogP contribution in [0, 0.1) is 12.7 Å². The van der Waals surface area contributed by atoms with E-state index in [0.717, 1.165) is 10.0 Å². The maximum absolute atomic E-state index is 13.4. The van der Waals surface area contributed by atoms with Crippen molar-refractivity contribution in [3.8, 4) is 0 Å². The Morgan fingerprint density at radius 3 is 2.47 bits per heavy atom. The fourth-order valence-electron chi connectivity index (χ4n) is 1.61. The van der Waals surface area contributed by atoms with Gasteiger partial charge >= 0.3 is 6.03 Å². The van der Waals surface area contributed by atoms with Gasteiger partial charge in [-0.2, -0.15) is 0 Å². The van der Waals surface area contributed by atoms with E-state index in [1.165, 1.54) is 12.1 Å². The number of urea groups is 1. The molecule has 5 heteroatoms. The second-order valence-electron chi connectivity index (χ2n) is 4.02. The molecule has 0 spiro atoms. The average molecular weight is 323 g/mol. The van der Waals surface area contributed by atoms with Crippen molar-refractivity contribution < 1.29 is 9.18 Å². The van der Waals surface area contributed by atoms with E-state index >= 15 is 0 Å². The van der Waals surface area contributed by atoms with E-state index in [9.17, 15) is 9.18 Å². The van der Waals surface area contributed by atoms with E-state index in [-0.39, 0.29) is 5.69 Å². The van der Waals surface area contributed by atoms with Crippen molar-refractivity contribution in [3.63, 3.8) is 0 Å². The third-order valence-electron chi connectivity index (χ3n) is 2.56. The number of nitrogens with one attached hydrogen (secondary N) is 2. The summed E-state index contributed by atoms with van der Waals surface area (Å²) in [6, 6.07) is 11.0. The van der Waals surface area contributed by atoms with Gasteiger partial charge in [0.25, 0.3) is 0 Å². The van der Waals surface area contributed by atoms with Crippen molar-refractivity contribution in [2.75, 3.05) is 10.6 Å². The molecule has 98 valence electrons. The Labute approximate surface area is 119 Å². The summed E-state index contributed by atoms with van der Waals surface area (Å²) in [5, 5.41) is 5.14. The van der Waals surface area contributed by atoms with Crippen molar-refractivity contribution in [2.45, 2.75) is 6.92 Å². The highest BCUT2D eigenvalue weighted by atomic mass is 79.9. The Morgan fingerprint density at radius 2 is 1.79 bits per heavy atom. The van der Waals surface area contributed by atoms with Crippen molar-refractivity contribution in [1.29, 1.82) is 0 Å². The van der Waals surface area contributed by atoms with Crippen molar-refractivity contribution >= 4 is 33.3 Å². The highest BCUT2D eigenvalue weighted by Crippen LogP contribution is 2.20. The summed E-state index contributed by atoms with van der Waals surface area (Å²) in [6.07, 6.45) is 0. The summed E-state index contributed by atoms with van der Waals surface area (Å²) in [5.41, 5.74) is 1.74. The molecule has 0 aromatic heterocycles. The number of hydrogen-bond acceptors (Lipinski definition) is 1. The lowest BCUT2D eigenvalue weighted by Crippen LogP contribution is -2.20. The summed E-state index contributed by atoms with van der Waals surface area (Å²) < 4.78 is 14.3. The van der Waals surface area contributed by atoms with Gasteiger partial charge in [0.2, 0.25) is 0 Å². The van der Waals surface area contributed by atoms with Crippen molar-refractivity contribution in [1.82, 2.24) is 0 Å². The Kier molecular flexibility index (Phi) is 4.16. The number of hydrogen-bond donors (Lipinski definition) is 2. The van der Waals surface area contributed by atoms with E-state index in [4.69, 9.17) is 0 Å². The number of anilines is 2. The summed E-state index contributed by atoms with van der Waals surface area (Å²) in [6.45, 7) is 1.88. The number of para-hydroxylation sites is 1. The van der Waals surface area contributed by atoms with Crippen LogP contribution in [0.25, 0.3) is 0 Å². The molecule has 0 unspecified atom stereocenters. The molecule has 0 atom stereocenters. The molecule has 0 saturated carbocycles. The highest BCUT2D eigenvalue weighted by molar-refractivity contribution is 9.10. The van der Waals surface area contributed by atoms with Crippen molar-refractivity contribution in [2.24, 2.45) is 0 Å². The first-order chi connectivity index (χ1) is 9.06. The third kappa shape index (κ3) is 3.54. The van der Waals surface area contributed by atoms with E-state index in [0.29, 0.717) is 5.69 Å². The van der Waals surface area contributed by atoms with Crippen LogP contribution in [0.2, 0.25) is 0 Å². The molecule has 0 saturated heterocycles. The van der Waals surface area contributed by atoms with Gasteiger partial charge in [0.1, 0.15) is 5.82 Å². The molecule has 0 bridgehead atoms. The lowest BCUT2D eigenvalue weighted by molar-refractivity contribution is 0.262. The Hall–Kier alpha value is -1.88. The van der Waals surface area contributed by atoms with E-state index < -0.39 is 11.8 Å². The predicted molar refractivity (Wildman–Crippen MR) is 77.9 cm³/mol. The standard InChI is InChI=1S/C14H12BrFN2O/c1-9-8-10(15)6-7-12(9)17-14(19)18-13-5-3-2-4-11(13)16/h2-8H,1H3,(H2,17,18,19). The van der Waals surface area contributed by atoms with Crippen LogP contribution in [0.3, 0.4) is 0 Å². The molecule has 2 aromatic rings. The second kappa shape index (κ2) is 5.84. The lowest BCUT2D eigenvalue weighted by atomic mass is 10.2. The first-order valence-electron chi connectivity index (χ1n) is 5.65. The lowest BCUT2D eigenvalue weighted by Gasteiger charge is -2.10. The first kappa shape index (κ1) is 13.5. The highest BCUT2D eigenvalue weighted by Gasteiger charge is 2.07. The minimum absolute atomic E-state index is 0.148. The van der Waals surface area contributed by atoms with Crippen LogP contribution in [-0.4, -0.2) is 6.03 Å². The quantitative estimate of drug-likeness (QED) is 0.837. The van der Waals surface area contributed by atoms with Gasteiger partial charge in [-0.25, -0.2) is 9.18 Å². The maximum Gasteiger partial charge on any atom is 0.323 e. The molecule has 0 radical (unpaired) electrons. The molecule has 0 aliphatic heterocycles. The van der Waals surface area contributed by atoms with Crippen LogP contribution in [0.5, 0.6) is 0 Å². The zero-order valence-electron chi connectivity index (χ0n) is 10.2. The Balaban J connectivity index is 2.08. The number of aryl methyl sites for hydroxylation is 1. The Bertz CT molecular complexity index is 616. The summed E-state index contributed by atoms with van der Waals surface area (Å²) in [5.74, 6) is -0.467. The summed E-state index contributed by atoms with van der Waals surface area (Å²) in [4.78, 5) is 11.8. The molecule has 2 aromatic carbocycles. The molecule has 0 heterocycles. The third-order valence-corrected chi connectivity index (χ3v) is 3.05. The SMILES string of the molecule is Cc1cc(Br)ccc1NC(=O)Nc1ccccc1F. The minimum atomic E-state index is -0.476. The van der Waals surface area contributed by atoms with Crippen LogP contribution in [0.4, 0.5) is 20.6 Å². The van der Waals surface area contributed by atoms with Gasteiger partial charge in [-0.1, -0.05) is 28.1 Å². The average Bonchev–Trinajstić information content (AvgIpc) is 2.36. The van der Waals surface area contributed by atoms with Crippen LogP contribution in [0.15, 0.2) is 46.9 Å². The number of carbonyl (C=O) groups excluding carboxylic acids is 1. The zero-order valence-corrected chi connectivity index (χ0v) is 11.8. The first-order valence-corrected chi connectivity index (χ1v) is 6.44. The minimum Gasteiger partial charge on any atom is -0.307 e. The molecule has 0 fully saturated rings. The molecule has 19 heavy (non-hydrogen) atoms. The monoisotopic (exact) mass is 322 g/mol. The summed E-state index contributed by atoms with van der Waals surface area (Å²) >= 11 is 3.35. The maximum atomic E-state index is 13.4. The molecule has 2 amide bonds. The van der Waals surface area contributed by atoms with Crippen LogP contribution in [-0.2, 0) is 0 Å². The van der Waals surface area contributed by atoms with E-state index in [2.05, 4.69) is 26.6 Å². The summed E-state index contributed by atoms with van der Waals surface area (Å²) in [7, 11) is 0. The van der Waals surface area contributed by atoms with Gasteiger partial charge in [0.05, 0.1) is 5.69 Å². The molecule has 2 rings (SSSR count). The topological polar surface area (TPSA) is 41.1 Å². The van der Waals surface area contributed by atoms with Gasteiger partial charge in [0, 0.05) is 10.2 Å². The fraction of sp³-hybridized carbons (Fsp3) is 0.0714. The fourth-order valence-corrected chi connectivity index (χ4v) is 2.08. The number of rotatable bonds is 2. The zero-order chi connectivity index (χ0) is 13.8. The smallest absolute Gasteiger partial charge is 0.307 e. The molecule has 3 nitrogen and oxygen atoms in total. The van der Waals surface area contributed by atoms with Crippen molar-refractivity contribution in [3.05, 3.63) is 58.3 Å². The van der Waals surface area contributed by atoms with E-state index in [1.807, 2.05) is 19.1 Å². The van der Waals surface area contributed by atoms with Gasteiger partial charge in [-0.15, -0.1) is 0 Å². The normalized spacial score (nSPS) is 10.1. The predicted octanol–water partition coefficient (Wildman–Crippen LogP) is 4.54. The Morgan fingerprint density at radius 1 is 1.11 bits per heavy atom. The number of carbonyl (C=O) groups is 1. The largest absolute Gasteiger partial charge is 0.323 e. The molecule has 0 aliphatic carbocycles. The van der Waals surface area contributed by atoms with Crippen LogP contribution in [0.1, 0.15) is 5.56 Å². The van der Waals surface area contributed by atoms with Crippen LogP contribution >= 0.6 is 15.9 Å². The molecule has 2 N–H and O–H groups in total. The van der Waals surface area contributed by atoms with Gasteiger partial charge in [-0.05, 0) is 42.8 Å². The van der Waals surface area contributed by atoms with E-state index in [1.54, 1.807) is 18.2 Å². The number of benzene rings is 2. The van der Waals surface area contributed by atoms with Gasteiger partial charge in [0.15, 0.2) is 0 Å². The molecular weight excluding hydrogens is 311 g/mol. The second-order valence-corrected chi connectivity index (χ2v) is 4.93.